The van der Waals surface area contributed by atoms with Crippen molar-refractivity contribution in [3.8, 4) is 5.75 Å². The van der Waals surface area contributed by atoms with Crippen LogP contribution in [-0.4, -0.2) is 11.7 Å². The summed E-state index contributed by atoms with van der Waals surface area (Å²) in [7, 11) is 0. The van der Waals surface area contributed by atoms with E-state index in [-0.39, 0.29) is 0 Å². The highest BCUT2D eigenvalue weighted by atomic mass is 32.2. The van der Waals surface area contributed by atoms with Crippen LogP contribution in [0.3, 0.4) is 0 Å². The Labute approximate surface area is 140 Å². The van der Waals surface area contributed by atoms with Gasteiger partial charge < -0.3 is 4.74 Å². The highest BCUT2D eigenvalue weighted by Crippen LogP contribution is 2.37. The summed E-state index contributed by atoms with van der Waals surface area (Å²) in [4.78, 5) is 13.3. The summed E-state index contributed by atoms with van der Waals surface area (Å²) in [6, 6.07) is 16.4. The highest BCUT2D eigenvalue weighted by Gasteiger charge is 2.14. The van der Waals surface area contributed by atoms with Crippen LogP contribution in [0.2, 0.25) is 0 Å². The summed E-state index contributed by atoms with van der Waals surface area (Å²) in [5.74, 6) is 1.22. The van der Waals surface area contributed by atoms with Gasteiger partial charge in [0.1, 0.15) is 5.75 Å². The maximum Gasteiger partial charge on any atom is 0.338 e. The summed E-state index contributed by atoms with van der Waals surface area (Å²) in [5, 5.41) is 4.01. The Bertz CT molecular complexity index is 912. The number of hydrogen-bond donors (Lipinski definition) is 0. The van der Waals surface area contributed by atoms with Crippen molar-refractivity contribution in [3.05, 3.63) is 60.7 Å². The van der Waals surface area contributed by atoms with Crippen molar-refractivity contribution >= 4 is 39.3 Å². The molecule has 0 radical (unpaired) electrons. The molecule has 23 heavy (non-hydrogen) atoms. The first-order chi connectivity index (χ1) is 11.1. The third kappa shape index (κ3) is 3.10. The van der Waals surface area contributed by atoms with Crippen LogP contribution in [0, 0.1) is 0 Å². The molecule has 0 N–H and O–H groups in total. The first-order valence-electron chi connectivity index (χ1n) is 7.56. The van der Waals surface area contributed by atoms with Gasteiger partial charge in [0.05, 0.1) is 0 Å². The second-order valence-corrected chi connectivity index (χ2v) is 6.75. The molecule has 0 aliphatic rings. The van der Waals surface area contributed by atoms with Crippen LogP contribution in [0.25, 0.3) is 21.5 Å². The molecule has 0 amide bonds. The van der Waals surface area contributed by atoms with Crippen molar-refractivity contribution in [3.63, 3.8) is 0 Å². The molecule has 0 aromatic heterocycles. The molecule has 0 spiro atoms. The number of ether oxygens (including phenoxy) is 1. The number of benzene rings is 3. The molecule has 2 nitrogen and oxygen atoms in total. The van der Waals surface area contributed by atoms with Crippen molar-refractivity contribution in [2.45, 2.75) is 18.7 Å². The van der Waals surface area contributed by atoms with E-state index in [0.717, 1.165) is 27.3 Å². The van der Waals surface area contributed by atoms with Crippen LogP contribution in [-0.2, 0) is 4.79 Å². The predicted octanol–water partition coefficient (Wildman–Crippen LogP) is 5.59. The van der Waals surface area contributed by atoms with Crippen LogP contribution in [0.15, 0.2) is 65.6 Å². The van der Waals surface area contributed by atoms with Crippen LogP contribution in [0.1, 0.15) is 13.8 Å². The van der Waals surface area contributed by atoms with Crippen molar-refractivity contribution in [1.29, 1.82) is 0 Å². The van der Waals surface area contributed by atoms with Gasteiger partial charge in [0.25, 0.3) is 0 Å². The Hall–Kier alpha value is -2.26. The quantitative estimate of drug-likeness (QED) is 0.206. The summed E-state index contributed by atoms with van der Waals surface area (Å²) in [6.45, 7) is 7.46. The molecular weight excluding hydrogens is 304 g/mol. The Balaban J connectivity index is 2.29. The van der Waals surface area contributed by atoms with Crippen molar-refractivity contribution in [2.24, 2.45) is 0 Å². The van der Waals surface area contributed by atoms with Crippen LogP contribution in [0.4, 0.5) is 0 Å². The molecule has 0 unspecified atom stereocenters. The van der Waals surface area contributed by atoms with Gasteiger partial charge in [0, 0.05) is 21.2 Å². The first kappa shape index (κ1) is 15.6. The van der Waals surface area contributed by atoms with Gasteiger partial charge in [-0.25, -0.2) is 4.79 Å². The largest absolute Gasteiger partial charge is 0.422 e. The van der Waals surface area contributed by atoms with Gasteiger partial charge in [-0.3, -0.25) is 0 Å². The number of fused-ring (bicyclic) bond motifs is 2. The van der Waals surface area contributed by atoms with Crippen molar-refractivity contribution in [2.75, 3.05) is 5.75 Å². The number of carbonyl (C=O) groups is 1. The van der Waals surface area contributed by atoms with Gasteiger partial charge in [-0.1, -0.05) is 43.8 Å². The van der Waals surface area contributed by atoms with Crippen LogP contribution >= 0.6 is 11.8 Å². The number of hydrogen-bond acceptors (Lipinski definition) is 3. The molecule has 0 heterocycles. The lowest BCUT2D eigenvalue weighted by Gasteiger charge is -2.13. The summed E-state index contributed by atoms with van der Waals surface area (Å²) >= 11 is 1.77. The monoisotopic (exact) mass is 322 g/mol. The molecule has 0 atom stereocenters. The summed E-state index contributed by atoms with van der Waals surface area (Å²) in [6.07, 6.45) is 0. The average Bonchev–Trinajstić information content (AvgIpc) is 2.55. The van der Waals surface area contributed by atoms with E-state index in [0.29, 0.717) is 11.3 Å². The molecule has 0 fully saturated rings. The topological polar surface area (TPSA) is 26.3 Å². The van der Waals surface area contributed by atoms with Gasteiger partial charge in [-0.2, -0.15) is 0 Å². The zero-order valence-electron chi connectivity index (χ0n) is 13.3. The van der Waals surface area contributed by atoms with Gasteiger partial charge >= 0.3 is 5.97 Å². The first-order valence-corrected chi connectivity index (χ1v) is 8.54. The molecule has 3 rings (SSSR count). The Morgan fingerprint density at radius 1 is 1.09 bits per heavy atom. The summed E-state index contributed by atoms with van der Waals surface area (Å²) in [5.41, 5.74) is 0.394. The Kier molecular flexibility index (Phi) is 4.39. The number of esters is 1. The molecule has 116 valence electrons. The molecule has 3 heteroatoms. The number of carbonyl (C=O) groups excluding carboxylic acids is 1. The van der Waals surface area contributed by atoms with E-state index in [1.807, 2.05) is 24.3 Å². The normalized spacial score (nSPS) is 10.9. The lowest BCUT2D eigenvalue weighted by atomic mass is 10.0. The second-order valence-electron chi connectivity index (χ2n) is 5.41. The van der Waals surface area contributed by atoms with E-state index >= 15 is 0 Å². The van der Waals surface area contributed by atoms with E-state index in [4.69, 9.17) is 4.74 Å². The predicted molar refractivity (Wildman–Crippen MR) is 98.3 cm³/mol. The minimum atomic E-state index is -0.392. The smallest absolute Gasteiger partial charge is 0.338 e. The molecule has 0 saturated carbocycles. The fourth-order valence-corrected chi connectivity index (χ4v) is 3.25. The molecule has 3 aromatic carbocycles. The van der Waals surface area contributed by atoms with E-state index < -0.39 is 5.97 Å². The molecule has 3 aromatic rings. The Morgan fingerprint density at radius 2 is 1.83 bits per heavy atom. The zero-order valence-corrected chi connectivity index (χ0v) is 14.1. The lowest BCUT2D eigenvalue weighted by molar-refractivity contribution is -0.129. The molecule has 0 saturated heterocycles. The number of rotatable bonds is 4. The molecule has 0 bridgehead atoms. The highest BCUT2D eigenvalue weighted by molar-refractivity contribution is 7.99. The van der Waals surface area contributed by atoms with Crippen LogP contribution in [0.5, 0.6) is 5.75 Å². The van der Waals surface area contributed by atoms with Gasteiger partial charge in [-0.05, 0) is 41.6 Å². The van der Waals surface area contributed by atoms with E-state index in [1.165, 1.54) is 4.90 Å². The second kappa shape index (κ2) is 6.47. The van der Waals surface area contributed by atoms with E-state index in [2.05, 4.69) is 37.8 Å². The SMILES string of the molecule is C=C(C)C(=O)Oc1c2ccccc2cc2ccc(SCC)cc12. The van der Waals surface area contributed by atoms with Crippen LogP contribution < -0.4 is 4.74 Å². The lowest BCUT2D eigenvalue weighted by Crippen LogP contribution is -2.08. The maximum absolute atomic E-state index is 12.1. The van der Waals surface area contributed by atoms with Gasteiger partial charge in [-0.15, -0.1) is 11.8 Å². The van der Waals surface area contributed by atoms with Crippen molar-refractivity contribution in [1.82, 2.24) is 0 Å². The zero-order chi connectivity index (χ0) is 16.4. The third-order valence-electron chi connectivity index (χ3n) is 3.64. The van der Waals surface area contributed by atoms with E-state index in [1.54, 1.807) is 18.7 Å². The summed E-state index contributed by atoms with van der Waals surface area (Å²) < 4.78 is 5.69. The number of thioether (sulfide) groups is 1. The molecular formula is C20H18O2S. The van der Waals surface area contributed by atoms with Crippen molar-refractivity contribution < 1.29 is 9.53 Å². The fourth-order valence-electron chi connectivity index (χ4n) is 2.55. The standard InChI is InChI=1S/C20H18O2S/c1-4-23-16-10-9-15-11-14-7-5-6-8-17(14)19(18(15)12-16)22-20(21)13(2)3/h5-12H,2,4H2,1,3H3. The van der Waals surface area contributed by atoms with E-state index in [9.17, 15) is 4.79 Å². The molecule has 0 aliphatic carbocycles. The maximum atomic E-state index is 12.1. The molecule has 0 aliphatic heterocycles. The minimum absolute atomic E-state index is 0.392. The third-order valence-corrected chi connectivity index (χ3v) is 4.52. The Morgan fingerprint density at radius 3 is 2.57 bits per heavy atom. The minimum Gasteiger partial charge on any atom is -0.422 e. The van der Waals surface area contributed by atoms with Gasteiger partial charge in [0.15, 0.2) is 0 Å². The fraction of sp³-hybridized carbons (Fsp3) is 0.150. The van der Waals surface area contributed by atoms with Gasteiger partial charge in [0.2, 0.25) is 0 Å². The average molecular weight is 322 g/mol.